The van der Waals surface area contributed by atoms with Crippen LogP contribution in [0.3, 0.4) is 0 Å². The van der Waals surface area contributed by atoms with Crippen LogP contribution >= 0.6 is 0 Å². The van der Waals surface area contributed by atoms with Crippen LogP contribution in [0.2, 0.25) is 0 Å². The number of rotatable bonds is 5. The Balaban J connectivity index is 4.53. The summed E-state index contributed by atoms with van der Waals surface area (Å²) in [5.74, 6) is 0. The number of hydrogen-bond acceptors (Lipinski definition) is 1. The fourth-order valence-electron chi connectivity index (χ4n) is 1.26. The molecule has 0 saturated heterocycles. The second kappa shape index (κ2) is 8.22. The molecule has 0 aromatic heterocycles. The molecule has 84 valence electrons. The molecule has 0 aliphatic carbocycles. The molecule has 1 nitrogen and oxygen atoms in total. The summed E-state index contributed by atoms with van der Waals surface area (Å²) in [5, 5.41) is 0. The highest BCUT2D eigenvalue weighted by molar-refractivity contribution is 5.93. The largest absolute Gasteiger partial charge is 0.259 e. The minimum absolute atomic E-state index is 1.06. The highest BCUT2D eigenvalue weighted by atomic mass is 14.7. The van der Waals surface area contributed by atoms with Crippen molar-refractivity contribution in [2.24, 2.45) is 4.99 Å². The zero-order chi connectivity index (χ0) is 11.7. The summed E-state index contributed by atoms with van der Waals surface area (Å²) in [4.78, 5) is 4.54. The van der Waals surface area contributed by atoms with Crippen molar-refractivity contribution in [2.45, 2.75) is 47.5 Å². The van der Waals surface area contributed by atoms with Crippen LogP contribution in [-0.2, 0) is 0 Å². The third kappa shape index (κ3) is 6.89. The van der Waals surface area contributed by atoms with E-state index in [1.54, 1.807) is 0 Å². The molecule has 0 saturated carbocycles. The van der Waals surface area contributed by atoms with Gasteiger partial charge in [-0.1, -0.05) is 37.1 Å². The van der Waals surface area contributed by atoms with Gasteiger partial charge in [-0.15, -0.1) is 0 Å². The molecule has 0 aliphatic rings. The van der Waals surface area contributed by atoms with Crippen molar-refractivity contribution in [2.75, 3.05) is 0 Å². The van der Waals surface area contributed by atoms with Crippen molar-refractivity contribution in [1.82, 2.24) is 0 Å². The summed E-state index contributed by atoms with van der Waals surface area (Å²) in [7, 11) is 0. The SMILES string of the molecule is C\C=C/C=C\C(C)=N/C(C)=C(/C)CCC. The van der Waals surface area contributed by atoms with E-state index >= 15 is 0 Å². The fraction of sp³-hybridized carbons (Fsp3) is 0.500. The van der Waals surface area contributed by atoms with E-state index in [-0.39, 0.29) is 0 Å². The Kier molecular flexibility index (Phi) is 7.61. The minimum Gasteiger partial charge on any atom is -0.259 e. The van der Waals surface area contributed by atoms with Crippen LogP contribution < -0.4 is 0 Å². The maximum Gasteiger partial charge on any atom is 0.0375 e. The molecular formula is C14H23N. The lowest BCUT2D eigenvalue weighted by molar-refractivity contribution is 0.886. The van der Waals surface area contributed by atoms with E-state index in [1.165, 1.54) is 12.0 Å². The molecule has 1 heteroatoms. The molecule has 0 aliphatic heterocycles. The van der Waals surface area contributed by atoms with E-state index in [4.69, 9.17) is 0 Å². The van der Waals surface area contributed by atoms with E-state index in [2.05, 4.69) is 25.8 Å². The molecule has 0 aromatic rings. The number of allylic oxidation sites excluding steroid dienone is 6. The molecule has 0 aromatic carbocycles. The van der Waals surface area contributed by atoms with Gasteiger partial charge in [-0.3, -0.25) is 4.99 Å². The van der Waals surface area contributed by atoms with E-state index in [0.717, 1.165) is 17.8 Å². The topological polar surface area (TPSA) is 12.4 Å². The van der Waals surface area contributed by atoms with Gasteiger partial charge in [0.05, 0.1) is 0 Å². The molecule has 0 atom stereocenters. The average molecular weight is 205 g/mol. The van der Waals surface area contributed by atoms with Crippen LogP contribution in [0.4, 0.5) is 0 Å². The third-order valence-corrected chi connectivity index (χ3v) is 2.23. The smallest absolute Gasteiger partial charge is 0.0375 e. The van der Waals surface area contributed by atoms with Gasteiger partial charge < -0.3 is 0 Å². The molecule has 0 heterocycles. The molecule has 0 unspecified atom stereocenters. The van der Waals surface area contributed by atoms with Crippen molar-refractivity contribution in [3.05, 3.63) is 35.6 Å². The number of aliphatic imine (C=N–C) groups is 1. The van der Waals surface area contributed by atoms with Gasteiger partial charge in [-0.05, 0) is 40.2 Å². The highest BCUT2D eigenvalue weighted by Gasteiger charge is 1.94. The quantitative estimate of drug-likeness (QED) is 0.456. The average Bonchev–Trinajstić information content (AvgIpc) is 2.18. The molecule has 0 bridgehead atoms. The van der Waals surface area contributed by atoms with Gasteiger partial charge in [-0.2, -0.15) is 0 Å². The predicted octanol–water partition coefficient (Wildman–Crippen LogP) is 4.67. The Morgan fingerprint density at radius 3 is 2.33 bits per heavy atom. The maximum atomic E-state index is 4.54. The molecule has 0 N–H and O–H groups in total. The van der Waals surface area contributed by atoms with Gasteiger partial charge >= 0.3 is 0 Å². The molecular weight excluding hydrogens is 182 g/mol. The summed E-state index contributed by atoms with van der Waals surface area (Å²) in [6.45, 7) is 10.5. The lowest BCUT2D eigenvalue weighted by atomic mass is 10.1. The summed E-state index contributed by atoms with van der Waals surface area (Å²) >= 11 is 0. The maximum absolute atomic E-state index is 4.54. The lowest BCUT2D eigenvalue weighted by Crippen LogP contribution is -1.88. The zero-order valence-corrected chi connectivity index (χ0v) is 10.7. The van der Waals surface area contributed by atoms with Crippen LogP contribution in [0.25, 0.3) is 0 Å². The molecule has 0 spiro atoms. The highest BCUT2D eigenvalue weighted by Crippen LogP contribution is 2.11. The van der Waals surface area contributed by atoms with Crippen molar-refractivity contribution in [3.63, 3.8) is 0 Å². The van der Waals surface area contributed by atoms with Gasteiger partial charge in [0.25, 0.3) is 0 Å². The Morgan fingerprint density at radius 2 is 1.80 bits per heavy atom. The minimum atomic E-state index is 1.06. The second-order valence-electron chi connectivity index (χ2n) is 3.75. The molecule has 15 heavy (non-hydrogen) atoms. The van der Waals surface area contributed by atoms with E-state index in [0.29, 0.717) is 0 Å². The van der Waals surface area contributed by atoms with Crippen molar-refractivity contribution < 1.29 is 0 Å². The monoisotopic (exact) mass is 205 g/mol. The van der Waals surface area contributed by atoms with Crippen LogP contribution in [0.15, 0.2) is 40.6 Å². The zero-order valence-electron chi connectivity index (χ0n) is 10.7. The molecule has 0 radical (unpaired) electrons. The van der Waals surface area contributed by atoms with E-state index in [1.807, 2.05) is 38.2 Å². The first-order valence-corrected chi connectivity index (χ1v) is 5.62. The van der Waals surface area contributed by atoms with Gasteiger partial charge in [0.1, 0.15) is 0 Å². The van der Waals surface area contributed by atoms with E-state index < -0.39 is 0 Å². The Labute approximate surface area is 94.3 Å². The van der Waals surface area contributed by atoms with Gasteiger partial charge in [0, 0.05) is 11.4 Å². The van der Waals surface area contributed by atoms with E-state index in [9.17, 15) is 0 Å². The first-order chi connectivity index (χ1) is 7.11. The summed E-state index contributed by atoms with van der Waals surface area (Å²) in [6, 6.07) is 0. The predicted molar refractivity (Wildman–Crippen MR) is 70.3 cm³/mol. The van der Waals surface area contributed by atoms with Crippen molar-refractivity contribution >= 4 is 5.71 Å². The third-order valence-electron chi connectivity index (χ3n) is 2.23. The number of nitrogens with zero attached hydrogens (tertiary/aromatic N) is 1. The molecule has 0 rings (SSSR count). The van der Waals surface area contributed by atoms with Crippen LogP contribution in [0.5, 0.6) is 0 Å². The standard InChI is InChI=1S/C14H23N/c1-6-8-9-11-13(4)15-14(5)12(3)10-7-2/h6,8-9,11H,7,10H2,1-5H3/b8-6-,11-9-,14-12-,15-13-. The van der Waals surface area contributed by atoms with Gasteiger partial charge in [-0.25, -0.2) is 0 Å². The molecule has 0 amide bonds. The molecule has 0 fully saturated rings. The summed E-state index contributed by atoms with van der Waals surface area (Å²) in [5.41, 5.74) is 3.59. The first kappa shape index (κ1) is 13.9. The normalized spacial score (nSPS) is 15.1. The van der Waals surface area contributed by atoms with Crippen LogP contribution in [0, 0.1) is 0 Å². The fourth-order valence-corrected chi connectivity index (χ4v) is 1.26. The summed E-state index contributed by atoms with van der Waals surface area (Å²) < 4.78 is 0. The van der Waals surface area contributed by atoms with Crippen molar-refractivity contribution in [1.29, 1.82) is 0 Å². The summed E-state index contributed by atoms with van der Waals surface area (Å²) in [6.07, 6.45) is 10.4. The van der Waals surface area contributed by atoms with Gasteiger partial charge in [0.2, 0.25) is 0 Å². The van der Waals surface area contributed by atoms with Crippen molar-refractivity contribution in [3.8, 4) is 0 Å². The Bertz CT molecular complexity index is 290. The Hall–Kier alpha value is -1.11. The van der Waals surface area contributed by atoms with Crippen LogP contribution in [0.1, 0.15) is 47.5 Å². The number of hydrogen-bond donors (Lipinski definition) is 0. The lowest BCUT2D eigenvalue weighted by Gasteiger charge is -2.01. The second-order valence-corrected chi connectivity index (χ2v) is 3.75. The van der Waals surface area contributed by atoms with Gasteiger partial charge in [0.15, 0.2) is 0 Å². The first-order valence-electron chi connectivity index (χ1n) is 5.62. The van der Waals surface area contributed by atoms with Crippen LogP contribution in [-0.4, -0.2) is 5.71 Å². The Morgan fingerprint density at radius 1 is 1.13 bits per heavy atom.